The number of Topliss-reactive ketones (excluding diaryl/α,β-unsaturated/α-hetero) is 1. The molecule has 1 saturated heterocycles. The molecule has 0 spiro atoms. The van der Waals surface area contributed by atoms with Crippen LogP contribution in [0.15, 0.2) is 121 Å². The molecule has 384 valence electrons. The highest BCUT2D eigenvalue weighted by atomic mass is 32.1. The second-order valence-corrected chi connectivity index (χ2v) is 21.4. The number of nitrogens with one attached hydrogen (secondary N) is 1. The largest absolute Gasteiger partial charge is 0.508 e. The van der Waals surface area contributed by atoms with Crippen molar-refractivity contribution in [2.24, 2.45) is 5.41 Å². The third-order valence-electron chi connectivity index (χ3n) is 12.5. The van der Waals surface area contributed by atoms with Crippen LogP contribution >= 0.6 is 22.7 Å². The number of aliphatic hydroxyl groups excluding tert-OH is 1. The standard InChI is InChI=1S/C32H39N3O5S.C26H26FNO3S/c1-20-7-6-8-25(15-20)40-18-28(38)34-30(32(3,4)5)31(39)35-17-24(36)16-26(35)27(37)14-11-22-9-12-23(13-10-22)29-21(2)33-19-41-29;1-3-14-28(2)15-16-30-21-9-11-22(12-10-21)31-25-23-13-8-20(29)17-24(23)32-26(25)18-4-6-19(27)7-5-18/h6-10,12-13,15,19,24,26,30,36H,11,14,16-18H2,1-5H3,(H,34,38);4-13,17,29H,3,14-16H2,1-2H3/t24-,26+,30-;/m1./s1. The lowest BCUT2D eigenvalue weighted by Gasteiger charge is -2.35. The smallest absolute Gasteiger partial charge is 0.258 e. The quantitative estimate of drug-likeness (QED) is 0.0714. The fraction of sp³-hybridized carbons (Fsp3) is 0.345. The molecule has 0 aliphatic carbocycles. The summed E-state index contributed by atoms with van der Waals surface area (Å²) in [7, 11) is 2.09. The minimum atomic E-state index is -0.889. The molecule has 7 aromatic rings. The molecule has 15 heteroatoms. The predicted octanol–water partition coefficient (Wildman–Crippen LogP) is 11.4. The number of thiophene rings is 1. The molecule has 3 heterocycles. The highest BCUT2D eigenvalue weighted by Gasteiger charge is 2.44. The van der Waals surface area contributed by atoms with Gasteiger partial charge >= 0.3 is 0 Å². The summed E-state index contributed by atoms with van der Waals surface area (Å²) in [5.41, 5.74) is 6.18. The van der Waals surface area contributed by atoms with Crippen molar-refractivity contribution in [3.63, 3.8) is 0 Å². The summed E-state index contributed by atoms with van der Waals surface area (Å²) in [5, 5.41) is 24.0. The zero-order valence-electron chi connectivity index (χ0n) is 42.5. The normalized spacial score (nSPS) is 14.9. The average molecular weight is 1030 g/mol. The van der Waals surface area contributed by atoms with Crippen LogP contribution in [0.5, 0.6) is 28.7 Å². The van der Waals surface area contributed by atoms with E-state index in [0.29, 0.717) is 30.3 Å². The molecular weight excluding hydrogens is 964 g/mol. The van der Waals surface area contributed by atoms with Gasteiger partial charge in [0, 0.05) is 36.0 Å². The lowest BCUT2D eigenvalue weighted by Crippen LogP contribution is -2.57. The molecular formula is C58H65FN4O8S2. The first-order valence-corrected chi connectivity index (χ1v) is 26.3. The van der Waals surface area contributed by atoms with Gasteiger partial charge in [0.2, 0.25) is 5.91 Å². The molecule has 0 unspecified atom stereocenters. The van der Waals surface area contributed by atoms with E-state index in [1.54, 1.807) is 41.7 Å². The second kappa shape index (κ2) is 24.9. The molecule has 73 heavy (non-hydrogen) atoms. The van der Waals surface area contributed by atoms with Crippen LogP contribution in [0.2, 0.25) is 0 Å². The molecule has 1 aliphatic heterocycles. The van der Waals surface area contributed by atoms with Crippen molar-refractivity contribution in [1.29, 1.82) is 0 Å². The fourth-order valence-electron chi connectivity index (χ4n) is 8.56. The van der Waals surface area contributed by atoms with Crippen LogP contribution in [0.3, 0.4) is 0 Å². The van der Waals surface area contributed by atoms with Gasteiger partial charge in [0.25, 0.3) is 5.91 Å². The van der Waals surface area contributed by atoms with Crippen molar-refractivity contribution in [1.82, 2.24) is 20.1 Å². The first-order chi connectivity index (χ1) is 34.9. The molecule has 1 aliphatic rings. The molecule has 2 aromatic heterocycles. The number of carbonyl (C=O) groups is 3. The molecule has 8 rings (SSSR count). The average Bonchev–Trinajstić information content (AvgIpc) is 4.08. The Morgan fingerprint density at radius 2 is 1.58 bits per heavy atom. The van der Waals surface area contributed by atoms with Crippen LogP contribution in [-0.4, -0.2) is 101 Å². The van der Waals surface area contributed by atoms with Crippen molar-refractivity contribution in [2.75, 3.05) is 39.9 Å². The Bertz CT molecular complexity index is 2950. The second-order valence-electron chi connectivity index (χ2n) is 19.5. The maximum Gasteiger partial charge on any atom is 0.258 e. The van der Waals surface area contributed by atoms with E-state index in [2.05, 4.69) is 29.2 Å². The van der Waals surface area contributed by atoms with Crippen LogP contribution in [0, 0.1) is 25.1 Å². The Morgan fingerprint density at radius 1 is 0.877 bits per heavy atom. The van der Waals surface area contributed by atoms with E-state index < -0.39 is 29.5 Å². The van der Waals surface area contributed by atoms with Crippen molar-refractivity contribution in [3.05, 3.63) is 143 Å². The summed E-state index contributed by atoms with van der Waals surface area (Å²) in [6.07, 6.45) is 1.30. The van der Waals surface area contributed by atoms with Gasteiger partial charge in [0.1, 0.15) is 41.5 Å². The number of amides is 2. The van der Waals surface area contributed by atoms with Gasteiger partial charge in [-0.1, -0.05) is 76.2 Å². The lowest BCUT2D eigenvalue weighted by atomic mass is 9.85. The van der Waals surface area contributed by atoms with E-state index in [4.69, 9.17) is 14.2 Å². The molecule has 12 nitrogen and oxygen atoms in total. The Kier molecular flexibility index (Phi) is 18.4. The zero-order valence-corrected chi connectivity index (χ0v) is 44.2. The van der Waals surface area contributed by atoms with Gasteiger partial charge in [-0.25, -0.2) is 9.37 Å². The Morgan fingerprint density at radius 3 is 2.25 bits per heavy atom. The lowest BCUT2D eigenvalue weighted by molar-refractivity contribution is -0.143. The number of phenols is 1. The zero-order chi connectivity index (χ0) is 52.2. The molecule has 0 radical (unpaired) electrons. The maximum absolute atomic E-state index is 13.8. The molecule has 0 saturated carbocycles. The fourth-order valence-corrected chi connectivity index (χ4v) is 10.5. The summed E-state index contributed by atoms with van der Waals surface area (Å²) >= 11 is 3.10. The number of hydrogen-bond donors (Lipinski definition) is 3. The van der Waals surface area contributed by atoms with Gasteiger partial charge in [-0.2, -0.15) is 0 Å². The van der Waals surface area contributed by atoms with Gasteiger partial charge in [-0.15, -0.1) is 22.7 Å². The summed E-state index contributed by atoms with van der Waals surface area (Å²) in [4.78, 5) is 49.9. The third-order valence-corrected chi connectivity index (χ3v) is 14.6. The van der Waals surface area contributed by atoms with Gasteiger partial charge in [-0.3, -0.25) is 14.4 Å². The molecule has 3 N–H and O–H groups in total. The number of halogens is 1. The molecule has 3 atom stereocenters. The van der Waals surface area contributed by atoms with Gasteiger partial charge in [0.05, 0.1) is 33.1 Å². The number of nitrogens with zero attached hydrogens (tertiary/aromatic N) is 3. The van der Waals surface area contributed by atoms with Gasteiger partial charge in [0.15, 0.2) is 18.1 Å². The summed E-state index contributed by atoms with van der Waals surface area (Å²) in [6, 6.07) is 32.9. The van der Waals surface area contributed by atoms with E-state index in [0.717, 1.165) is 73.0 Å². The number of aromatic hydroxyl groups is 1. The van der Waals surface area contributed by atoms with Crippen molar-refractivity contribution < 1.29 is 43.2 Å². The highest BCUT2D eigenvalue weighted by Crippen LogP contribution is 2.47. The number of fused-ring (bicyclic) bond motifs is 1. The van der Waals surface area contributed by atoms with Crippen LogP contribution in [-0.2, 0) is 20.8 Å². The van der Waals surface area contributed by atoms with Crippen LogP contribution < -0.4 is 19.5 Å². The number of phenolic OH excluding ortho intramolecular Hbond substituents is 1. The van der Waals surface area contributed by atoms with Crippen molar-refractivity contribution >= 4 is 50.4 Å². The number of rotatable bonds is 19. The number of ketones is 1. The Labute approximate surface area is 435 Å². The van der Waals surface area contributed by atoms with E-state index in [9.17, 15) is 29.0 Å². The predicted molar refractivity (Wildman–Crippen MR) is 288 cm³/mol. The van der Waals surface area contributed by atoms with Gasteiger partial charge in [-0.05, 0) is 135 Å². The van der Waals surface area contributed by atoms with Crippen molar-refractivity contribution in [3.8, 4) is 49.6 Å². The van der Waals surface area contributed by atoms with Crippen LogP contribution in [0.25, 0.3) is 31.0 Å². The molecule has 2 amide bonds. The molecule has 0 bridgehead atoms. The monoisotopic (exact) mass is 1030 g/mol. The summed E-state index contributed by atoms with van der Waals surface area (Å²) < 4.78 is 32.1. The number of β-amino-alcohol motifs (C(OH)–C–C–N with tert-alkyl or cyclic N) is 1. The first-order valence-electron chi connectivity index (χ1n) is 24.6. The topological polar surface area (TPSA) is 151 Å². The number of likely N-dealkylation sites (tertiary alicyclic amines) is 1. The van der Waals surface area contributed by atoms with Crippen LogP contribution in [0.1, 0.15) is 63.8 Å². The summed E-state index contributed by atoms with van der Waals surface area (Å²) in [5.74, 6) is 1.73. The summed E-state index contributed by atoms with van der Waals surface area (Å²) in [6.45, 7) is 14.0. The molecule has 1 fully saturated rings. The third kappa shape index (κ3) is 14.7. The van der Waals surface area contributed by atoms with E-state index in [-0.39, 0.29) is 49.3 Å². The minimum Gasteiger partial charge on any atom is -0.508 e. The Hall–Kier alpha value is -6.65. The minimum absolute atomic E-state index is 0.0559. The first kappa shape index (κ1) is 54.1. The number of thiazole rings is 1. The number of carbonyl (C=O) groups excluding carboxylic acids is 3. The highest BCUT2D eigenvalue weighted by molar-refractivity contribution is 7.22. The van der Waals surface area contributed by atoms with Gasteiger partial charge < -0.3 is 39.5 Å². The number of aryl methyl sites for hydroxylation is 3. The number of aliphatic hydroxyl groups is 1. The van der Waals surface area contributed by atoms with Crippen molar-refractivity contribution in [2.45, 2.75) is 85.4 Å². The van der Waals surface area contributed by atoms with E-state index >= 15 is 0 Å². The Balaban J connectivity index is 0.000000220. The van der Waals surface area contributed by atoms with E-state index in [1.165, 1.54) is 28.4 Å². The number of ether oxygens (including phenoxy) is 3. The number of likely N-dealkylation sites (N-methyl/N-ethyl adjacent to an activating group) is 1. The van der Waals surface area contributed by atoms with Crippen LogP contribution in [0.4, 0.5) is 4.39 Å². The number of aromatic nitrogens is 1. The van der Waals surface area contributed by atoms with E-state index in [1.807, 2.05) is 113 Å². The maximum atomic E-state index is 13.8. The number of benzene rings is 5. The molecule has 5 aromatic carbocycles. The SMILES string of the molecule is CCCN(C)CCOc1ccc(Oc2c(-c3ccc(F)cc3)sc3cc(O)ccc23)cc1.Cc1cccc(OCC(=O)N[C@H](C(=O)N2C[C@H](O)C[C@H]2C(=O)CCc2ccc(-c3scnc3C)cc2)C(C)(C)C)c1. The number of hydrogen-bond acceptors (Lipinski definition) is 12.